The molecule has 1 aliphatic rings. The summed E-state index contributed by atoms with van der Waals surface area (Å²) in [6, 6.07) is 13.4. The first-order valence-corrected chi connectivity index (χ1v) is 13.1. The summed E-state index contributed by atoms with van der Waals surface area (Å²) in [5.74, 6) is 1.96. The van der Waals surface area contributed by atoms with Crippen LogP contribution in [0.25, 0.3) is 5.69 Å². The van der Waals surface area contributed by atoms with Crippen LogP contribution in [0.15, 0.2) is 47.5 Å². The third-order valence-corrected chi connectivity index (χ3v) is 6.13. The Morgan fingerprint density at radius 1 is 1.05 bits per heavy atom. The van der Waals surface area contributed by atoms with Gasteiger partial charge < -0.3 is 19.4 Å². The fraction of sp³-hybridized carbons (Fsp3) is 0.429. The highest BCUT2D eigenvalue weighted by molar-refractivity contribution is 6.61. The summed E-state index contributed by atoms with van der Waals surface area (Å²) < 4.78 is 19.6. The monoisotopic (exact) mass is 517 g/mol. The molecule has 10 heteroatoms. The number of aliphatic imine (C=N–C) groups is 1. The Hall–Kier alpha value is -3.50. The van der Waals surface area contributed by atoms with Gasteiger partial charge >= 0.3 is 7.12 Å². The Labute approximate surface area is 224 Å². The lowest BCUT2D eigenvalue weighted by atomic mass is 9.77. The van der Waals surface area contributed by atoms with E-state index < -0.39 is 13.2 Å². The van der Waals surface area contributed by atoms with Gasteiger partial charge in [0.15, 0.2) is 5.82 Å². The molecule has 38 heavy (non-hydrogen) atoms. The molecule has 1 aromatic heterocycles. The summed E-state index contributed by atoms with van der Waals surface area (Å²) in [7, 11) is 1.16. The molecule has 0 saturated heterocycles. The molecule has 0 aliphatic carbocycles. The van der Waals surface area contributed by atoms with E-state index in [0.717, 1.165) is 33.8 Å². The van der Waals surface area contributed by atoms with Gasteiger partial charge in [-0.1, -0.05) is 24.3 Å². The standard InChI is InChI=1S/C28H36BN5O4/c1-8-30-26(35)16-24-28-33-32-19(6)34(28)25-14-13-22(36-7)15-23(25)27(31-24)20-9-11-21(12-10-20)29(37-17(2)3)38-18(4)5/h9-15,17-18,24H,8,16H2,1-7H3,(H,30,35). The van der Waals surface area contributed by atoms with Crippen molar-refractivity contribution < 1.29 is 18.8 Å². The van der Waals surface area contributed by atoms with Crippen molar-refractivity contribution in [3.05, 3.63) is 65.2 Å². The number of benzene rings is 2. The minimum Gasteiger partial charge on any atom is -0.497 e. The van der Waals surface area contributed by atoms with E-state index >= 15 is 0 Å². The molecular weight excluding hydrogens is 481 g/mol. The molecule has 2 aromatic carbocycles. The number of amides is 1. The predicted molar refractivity (Wildman–Crippen MR) is 149 cm³/mol. The van der Waals surface area contributed by atoms with Crippen LogP contribution in [0.4, 0.5) is 0 Å². The van der Waals surface area contributed by atoms with E-state index in [1.165, 1.54) is 0 Å². The van der Waals surface area contributed by atoms with Crippen molar-refractivity contribution in [1.82, 2.24) is 20.1 Å². The number of aromatic nitrogens is 3. The van der Waals surface area contributed by atoms with Crippen molar-refractivity contribution in [3.8, 4) is 11.4 Å². The molecule has 200 valence electrons. The van der Waals surface area contributed by atoms with Crippen molar-refractivity contribution >= 4 is 24.2 Å². The van der Waals surface area contributed by atoms with E-state index in [4.69, 9.17) is 19.0 Å². The Balaban J connectivity index is 1.84. The average Bonchev–Trinajstić information content (AvgIpc) is 3.20. The maximum absolute atomic E-state index is 12.7. The zero-order valence-electron chi connectivity index (χ0n) is 23.2. The molecule has 1 N–H and O–H groups in total. The fourth-order valence-electron chi connectivity index (χ4n) is 4.50. The van der Waals surface area contributed by atoms with Crippen molar-refractivity contribution in [2.45, 2.75) is 66.2 Å². The van der Waals surface area contributed by atoms with Crippen LogP contribution in [0.5, 0.6) is 5.75 Å². The van der Waals surface area contributed by atoms with Crippen molar-refractivity contribution in [2.75, 3.05) is 13.7 Å². The highest BCUT2D eigenvalue weighted by Gasteiger charge is 2.30. The number of methoxy groups -OCH3 is 1. The molecule has 9 nitrogen and oxygen atoms in total. The summed E-state index contributed by atoms with van der Waals surface area (Å²) in [5.41, 5.74) is 4.31. The fourth-order valence-corrected chi connectivity index (χ4v) is 4.50. The molecule has 4 rings (SSSR count). The minimum absolute atomic E-state index is 0.0122. The largest absolute Gasteiger partial charge is 0.497 e. The van der Waals surface area contributed by atoms with Crippen molar-refractivity contribution in [3.63, 3.8) is 0 Å². The third-order valence-electron chi connectivity index (χ3n) is 6.13. The second kappa shape index (κ2) is 11.9. The molecule has 0 saturated carbocycles. The van der Waals surface area contributed by atoms with E-state index in [1.807, 2.05) is 88.6 Å². The highest BCUT2D eigenvalue weighted by Crippen LogP contribution is 2.34. The predicted octanol–water partition coefficient (Wildman–Crippen LogP) is 3.55. The van der Waals surface area contributed by atoms with Crippen molar-refractivity contribution in [2.24, 2.45) is 4.99 Å². The Kier molecular flexibility index (Phi) is 8.64. The zero-order chi connectivity index (χ0) is 27.4. The molecule has 1 atom stereocenters. The highest BCUT2D eigenvalue weighted by atomic mass is 16.6. The van der Waals surface area contributed by atoms with Gasteiger partial charge in [-0.05, 0) is 65.2 Å². The summed E-state index contributed by atoms with van der Waals surface area (Å²) in [4.78, 5) is 17.8. The number of aryl methyl sites for hydroxylation is 1. The number of rotatable bonds is 10. The average molecular weight is 517 g/mol. The molecule has 0 radical (unpaired) electrons. The van der Waals surface area contributed by atoms with Gasteiger partial charge in [0.1, 0.15) is 17.6 Å². The molecular formula is C28H36BN5O4. The van der Waals surface area contributed by atoms with E-state index in [2.05, 4.69) is 15.5 Å². The summed E-state index contributed by atoms with van der Waals surface area (Å²) in [6.45, 7) is 12.3. The maximum Gasteiger partial charge on any atom is 0.494 e. The number of fused-ring (bicyclic) bond motifs is 3. The SMILES string of the molecule is CCNC(=O)CC1N=C(c2ccc(B(OC(C)C)OC(C)C)cc2)c2cc(OC)ccc2-n2c(C)nnc21. The van der Waals surface area contributed by atoms with Gasteiger partial charge in [-0.3, -0.25) is 14.4 Å². The van der Waals surface area contributed by atoms with Gasteiger partial charge in [-0.2, -0.15) is 0 Å². The topological polar surface area (TPSA) is 99.9 Å². The summed E-state index contributed by atoms with van der Waals surface area (Å²) in [6.07, 6.45) is 0.182. The number of ether oxygens (including phenoxy) is 1. The molecule has 2 heterocycles. The van der Waals surface area contributed by atoms with Gasteiger partial charge in [0.2, 0.25) is 5.91 Å². The van der Waals surface area contributed by atoms with Crippen LogP contribution in [-0.4, -0.2) is 59.4 Å². The van der Waals surface area contributed by atoms with Crippen LogP contribution < -0.4 is 15.5 Å². The number of carbonyl (C=O) groups excluding carboxylic acids is 1. The zero-order valence-corrected chi connectivity index (χ0v) is 23.2. The molecule has 1 unspecified atom stereocenters. The first-order chi connectivity index (χ1) is 18.2. The van der Waals surface area contributed by atoms with Gasteiger partial charge in [-0.25, -0.2) is 0 Å². The maximum atomic E-state index is 12.7. The molecule has 0 spiro atoms. The molecule has 0 fully saturated rings. The van der Waals surface area contributed by atoms with Gasteiger partial charge in [0.25, 0.3) is 0 Å². The smallest absolute Gasteiger partial charge is 0.494 e. The summed E-state index contributed by atoms with van der Waals surface area (Å²) in [5, 5.41) is 11.6. The van der Waals surface area contributed by atoms with E-state index in [-0.39, 0.29) is 24.5 Å². The van der Waals surface area contributed by atoms with Crippen LogP contribution in [-0.2, 0) is 14.1 Å². The van der Waals surface area contributed by atoms with E-state index in [1.54, 1.807) is 7.11 Å². The first-order valence-electron chi connectivity index (χ1n) is 13.1. The molecule has 3 aromatic rings. The van der Waals surface area contributed by atoms with Crippen LogP contribution in [0, 0.1) is 6.92 Å². The number of nitrogens with zero attached hydrogens (tertiary/aromatic N) is 4. The second-order valence-corrected chi connectivity index (χ2v) is 9.80. The molecule has 1 amide bonds. The Morgan fingerprint density at radius 2 is 1.74 bits per heavy atom. The van der Waals surface area contributed by atoms with Crippen LogP contribution in [0.1, 0.15) is 69.9 Å². The lowest BCUT2D eigenvalue weighted by Crippen LogP contribution is -2.40. The van der Waals surface area contributed by atoms with Crippen LogP contribution >= 0.6 is 0 Å². The lowest BCUT2D eigenvalue weighted by Gasteiger charge is -2.20. The van der Waals surface area contributed by atoms with Gasteiger partial charge in [-0.15, -0.1) is 10.2 Å². The van der Waals surface area contributed by atoms with Gasteiger partial charge in [0.05, 0.1) is 24.9 Å². The van der Waals surface area contributed by atoms with Crippen LogP contribution in [0.2, 0.25) is 0 Å². The Bertz CT molecular complexity index is 1290. The third kappa shape index (κ3) is 5.97. The summed E-state index contributed by atoms with van der Waals surface area (Å²) >= 11 is 0. The van der Waals surface area contributed by atoms with Gasteiger partial charge in [0, 0.05) is 29.9 Å². The number of carbonyl (C=O) groups is 1. The molecule has 1 aliphatic heterocycles. The number of nitrogens with one attached hydrogen (secondary N) is 1. The van der Waals surface area contributed by atoms with E-state index in [0.29, 0.717) is 18.1 Å². The quantitative estimate of drug-likeness (QED) is 0.413. The first kappa shape index (κ1) is 27.5. The normalized spacial score (nSPS) is 14.6. The van der Waals surface area contributed by atoms with E-state index in [9.17, 15) is 4.79 Å². The lowest BCUT2D eigenvalue weighted by molar-refractivity contribution is -0.121. The van der Waals surface area contributed by atoms with Crippen LogP contribution in [0.3, 0.4) is 0 Å². The minimum atomic E-state index is -0.517. The molecule has 0 bridgehead atoms. The van der Waals surface area contributed by atoms with Crippen molar-refractivity contribution in [1.29, 1.82) is 0 Å². The Morgan fingerprint density at radius 3 is 2.34 bits per heavy atom. The second-order valence-electron chi connectivity index (χ2n) is 9.80. The number of hydrogen-bond donors (Lipinski definition) is 1. The number of hydrogen-bond acceptors (Lipinski definition) is 7.